The molecule has 0 spiro atoms. The Balaban J connectivity index is 1.25. The summed E-state index contributed by atoms with van der Waals surface area (Å²) in [7, 11) is 0. The minimum Gasteiger partial charge on any atom is -0.480 e. The van der Waals surface area contributed by atoms with Crippen LogP contribution >= 0.6 is 0 Å². The molecule has 6 N–H and O–H groups in total. The lowest BCUT2D eigenvalue weighted by Gasteiger charge is -2.37. The van der Waals surface area contributed by atoms with Crippen LogP contribution in [0.15, 0.2) is 53.5 Å². The van der Waals surface area contributed by atoms with E-state index in [0.29, 0.717) is 31.9 Å². The predicted octanol–water partition coefficient (Wildman–Crippen LogP) is 1.22. The van der Waals surface area contributed by atoms with Gasteiger partial charge in [-0.3, -0.25) is 4.99 Å². The number of hydrogen-bond donors (Lipinski definition) is 5. The number of rotatable bonds is 8. The first-order valence-corrected chi connectivity index (χ1v) is 12.6. The first-order chi connectivity index (χ1) is 18.4. The monoisotopic (exact) mass is 523 g/mol. The molecule has 0 aliphatic carbocycles. The highest BCUT2D eigenvalue weighted by Crippen LogP contribution is 2.28. The fourth-order valence-corrected chi connectivity index (χ4v) is 4.31. The topological polar surface area (TPSA) is 162 Å². The van der Waals surface area contributed by atoms with Crippen molar-refractivity contribution in [1.29, 1.82) is 0 Å². The van der Waals surface area contributed by atoms with E-state index >= 15 is 0 Å². The SMILES string of the molecule is Nc1c(C2=NCCCN2)cccc1N1CCN(C(=O)NC[C@H](NC(=O)OCc2ccccc2)C(=O)O)CC1. The van der Waals surface area contributed by atoms with Gasteiger partial charge in [-0.1, -0.05) is 36.4 Å². The second kappa shape index (κ2) is 12.7. The molecule has 0 aromatic heterocycles. The Morgan fingerprint density at radius 2 is 1.84 bits per heavy atom. The van der Waals surface area contributed by atoms with Gasteiger partial charge in [-0.2, -0.15) is 0 Å². The molecule has 4 rings (SSSR count). The van der Waals surface area contributed by atoms with E-state index in [1.54, 1.807) is 17.0 Å². The number of urea groups is 1. The van der Waals surface area contributed by atoms with Gasteiger partial charge in [-0.25, -0.2) is 14.4 Å². The van der Waals surface area contributed by atoms with Crippen LogP contribution in [0.2, 0.25) is 0 Å². The van der Waals surface area contributed by atoms with Crippen molar-refractivity contribution in [2.45, 2.75) is 19.1 Å². The number of aliphatic carboxylic acids is 1. The van der Waals surface area contributed by atoms with Gasteiger partial charge in [0.2, 0.25) is 0 Å². The Morgan fingerprint density at radius 3 is 2.53 bits per heavy atom. The van der Waals surface area contributed by atoms with Crippen molar-refractivity contribution >= 4 is 35.3 Å². The summed E-state index contributed by atoms with van der Waals surface area (Å²) in [5.74, 6) is -0.474. The molecule has 3 amide bonds. The second-order valence-electron chi connectivity index (χ2n) is 9.01. The predicted molar refractivity (Wildman–Crippen MR) is 143 cm³/mol. The second-order valence-corrected chi connectivity index (χ2v) is 9.01. The van der Waals surface area contributed by atoms with Crippen molar-refractivity contribution in [3.05, 3.63) is 59.7 Å². The number of carbonyl (C=O) groups is 3. The number of benzene rings is 2. The number of nitrogens with zero attached hydrogens (tertiary/aromatic N) is 3. The molecule has 2 aliphatic heterocycles. The summed E-state index contributed by atoms with van der Waals surface area (Å²) in [5, 5.41) is 17.6. The molecule has 202 valence electrons. The Kier molecular flexibility index (Phi) is 8.85. The summed E-state index contributed by atoms with van der Waals surface area (Å²) < 4.78 is 5.08. The van der Waals surface area contributed by atoms with Gasteiger partial charge < -0.3 is 41.3 Å². The zero-order valence-electron chi connectivity index (χ0n) is 21.1. The number of anilines is 2. The maximum absolute atomic E-state index is 12.7. The number of carboxylic acids is 1. The normalized spacial score (nSPS) is 16.1. The molecular weight excluding hydrogens is 490 g/mol. The van der Waals surface area contributed by atoms with Crippen molar-refractivity contribution < 1.29 is 24.2 Å². The Hall–Kier alpha value is -4.48. The number of nitrogens with two attached hydrogens (primary N) is 1. The fourth-order valence-electron chi connectivity index (χ4n) is 4.31. The van der Waals surface area contributed by atoms with Crippen LogP contribution in [0.3, 0.4) is 0 Å². The first kappa shape index (κ1) is 26.6. The maximum atomic E-state index is 12.7. The summed E-state index contributed by atoms with van der Waals surface area (Å²) in [4.78, 5) is 44.6. The van der Waals surface area contributed by atoms with E-state index in [-0.39, 0.29) is 13.2 Å². The number of hydrogen-bond acceptors (Lipinski definition) is 8. The van der Waals surface area contributed by atoms with Crippen LogP contribution in [-0.4, -0.2) is 85.8 Å². The third-order valence-electron chi connectivity index (χ3n) is 6.40. The molecular formula is C26H33N7O5. The summed E-state index contributed by atoms with van der Waals surface area (Å²) in [6, 6.07) is 13.1. The first-order valence-electron chi connectivity index (χ1n) is 12.6. The number of amides is 3. The van der Waals surface area contributed by atoms with E-state index in [0.717, 1.165) is 42.2 Å². The average Bonchev–Trinajstić information content (AvgIpc) is 2.95. The minimum atomic E-state index is -1.33. The van der Waals surface area contributed by atoms with Crippen LogP contribution in [0, 0.1) is 0 Å². The molecule has 2 aromatic rings. The highest BCUT2D eigenvalue weighted by atomic mass is 16.5. The molecule has 0 radical (unpaired) electrons. The van der Waals surface area contributed by atoms with Crippen LogP contribution < -0.4 is 26.6 Å². The number of amidine groups is 1. The molecule has 38 heavy (non-hydrogen) atoms. The summed E-state index contributed by atoms with van der Waals surface area (Å²) in [6.07, 6.45) is 0.118. The van der Waals surface area contributed by atoms with Gasteiger partial charge in [0.15, 0.2) is 0 Å². The number of piperazine rings is 1. The Morgan fingerprint density at radius 1 is 1.08 bits per heavy atom. The van der Waals surface area contributed by atoms with Crippen LogP contribution in [0.1, 0.15) is 17.5 Å². The van der Waals surface area contributed by atoms with Crippen molar-refractivity contribution in [3.63, 3.8) is 0 Å². The largest absolute Gasteiger partial charge is 0.480 e. The fraction of sp³-hybridized carbons (Fsp3) is 0.385. The van der Waals surface area contributed by atoms with Crippen molar-refractivity contribution in [2.24, 2.45) is 4.99 Å². The quantitative estimate of drug-likeness (QED) is 0.323. The smallest absolute Gasteiger partial charge is 0.408 e. The lowest BCUT2D eigenvalue weighted by molar-refractivity contribution is -0.139. The molecule has 1 saturated heterocycles. The maximum Gasteiger partial charge on any atom is 0.408 e. The van der Waals surface area contributed by atoms with Crippen molar-refractivity contribution in [3.8, 4) is 0 Å². The Labute approximate surface area is 220 Å². The number of nitrogen functional groups attached to an aromatic ring is 1. The third kappa shape index (κ3) is 6.84. The lowest BCUT2D eigenvalue weighted by atomic mass is 10.1. The zero-order chi connectivity index (χ0) is 26.9. The highest BCUT2D eigenvalue weighted by Gasteiger charge is 2.26. The summed E-state index contributed by atoms with van der Waals surface area (Å²) >= 11 is 0. The van der Waals surface area contributed by atoms with E-state index in [4.69, 9.17) is 10.5 Å². The van der Waals surface area contributed by atoms with Gasteiger partial charge in [-0.15, -0.1) is 0 Å². The van der Waals surface area contributed by atoms with Gasteiger partial charge in [-0.05, 0) is 24.1 Å². The summed E-state index contributed by atoms with van der Waals surface area (Å²) in [6.45, 7) is 3.35. The number of alkyl carbamates (subject to hydrolysis) is 1. The number of ether oxygens (including phenoxy) is 1. The van der Waals surface area contributed by atoms with E-state index in [2.05, 4.69) is 25.8 Å². The molecule has 0 bridgehead atoms. The van der Waals surface area contributed by atoms with Crippen LogP contribution in [0.25, 0.3) is 0 Å². The van der Waals surface area contributed by atoms with Gasteiger partial charge in [0.25, 0.3) is 0 Å². The molecule has 0 unspecified atom stereocenters. The van der Waals surface area contributed by atoms with Crippen molar-refractivity contribution in [2.75, 3.05) is 56.4 Å². The molecule has 0 saturated carbocycles. The van der Waals surface area contributed by atoms with Crippen LogP contribution in [-0.2, 0) is 16.1 Å². The zero-order valence-corrected chi connectivity index (χ0v) is 21.1. The summed E-state index contributed by atoms with van der Waals surface area (Å²) in [5.41, 5.74) is 9.67. The standard InChI is InChI=1S/C26H33N7O5/c27-22-19(23-28-10-5-11-29-23)8-4-9-21(22)32-12-14-33(15-13-32)25(36)30-16-20(24(34)35)31-26(37)38-17-18-6-2-1-3-7-18/h1-4,6-9,20H,5,10-17,27H2,(H,28,29)(H,30,36)(H,31,37)(H,34,35)/t20-/m0/s1. The number of carbonyl (C=O) groups excluding carboxylic acids is 2. The number of nitrogens with one attached hydrogen (secondary N) is 3. The minimum absolute atomic E-state index is 0.00763. The van der Waals surface area contributed by atoms with E-state index in [1.807, 2.05) is 36.4 Å². The molecule has 12 heteroatoms. The van der Waals surface area contributed by atoms with Gasteiger partial charge in [0.1, 0.15) is 18.5 Å². The van der Waals surface area contributed by atoms with E-state index in [9.17, 15) is 19.5 Å². The molecule has 1 atom stereocenters. The lowest BCUT2D eigenvalue weighted by Crippen LogP contribution is -2.55. The van der Waals surface area contributed by atoms with Crippen LogP contribution in [0.4, 0.5) is 21.0 Å². The number of carboxylic acid groups (broad SMARTS) is 1. The molecule has 1 fully saturated rings. The molecule has 2 heterocycles. The number of para-hydroxylation sites is 1. The third-order valence-corrected chi connectivity index (χ3v) is 6.40. The van der Waals surface area contributed by atoms with Crippen LogP contribution in [0.5, 0.6) is 0 Å². The molecule has 2 aromatic carbocycles. The van der Waals surface area contributed by atoms with Gasteiger partial charge in [0, 0.05) is 44.8 Å². The molecule has 12 nitrogen and oxygen atoms in total. The average molecular weight is 524 g/mol. The Bertz CT molecular complexity index is 1170. The van der Waals surface area contributed by atoms with E-state index in [1.165, 1.54) is 0 Å². The molecule has 2 aliphatic rings. The van der Waals surface area contributed by atoms with Crippen molar-refractivity contribution in [1.82, 2.24) is 20.9 Å². The van der Waals surface area contributed by atoms with E-state index < -0.39 is 24.1 Å². The van der Waals surface area contributed by atoms with Gasteiger partial charge in [0.05, 0.1) is 17.9 Å². The van der Waals surface area contributed by atoms with Gasteiger partial charge >= 0.3 is 18.1 Å². The number of aliphatic imine (C=N–C) groups is 1. The highest BCUT2D eigenvalue weighted by molar-refractivity contribution is 6.05.